The summed E-state index contributed by atoms with van der Waals surface area (Å²) in [6.07, 6.45) is 0. The third-order valence-corrected chi connectivity index (χ3v) is 2.08. The van der Waals surface area contributed by atoms with Crippen LogP contribution >= 0.6 is 12.2 Å². The van der Waals surface area contributed by atoms with Gasteiger partial charge in [-0.05, 0) is 12.2 Å². The summed E-state index contributed by atoms with van der Waals surface area (Å²) in [6.45, 7) is 6.31. The second-order valence-corrected chi connectivity index (χ2v) is 3.32. The molecule has 0 aliphatic carbocycles. The number of hydrogen-bond donors (Lipinski definition) is 3. The van der Waals surface area contributed by atoms with Gasteiger partial charge in [0.05, 0.1) is 0 Å². The first kappa shape index (κ1) is 9.70. The number of hydrogen-bond acceptors (Lipinski definition) is 3. The monoisotopic (exact) mass is 188 g/mol. The Morgan fingerprint density at radius 3 is 2.75 bits per heavy atom. The third kappa shape index (κ3) is 3.85. The van der Waals surface area contributed by atoms with Gasteiger partial charge < -0.3 is 16.4 Å². The van der Waals surface area contributed by atoms with E-state index >= 15 is 0 Å². The van der Waals surface area contributed by atoms with Crippen molar-refractivity contribution < 1.29 is 0 Å². The van der Waals surface area contributed by atoms with Crippen LogP contribution in [0.1, 0.15) is 0 Å². The quantitative estimate of drug-likeness (QED) is 0.482. The Morgan fingerprint density at radius 2 is 2.17 bits per heavy atom. The topological polar surface area (TPSA) is 53.3 Å². The summed E-state index contributed by atoms with van der Waals surface area (Å²) in [6, 6.07) is 0. The SMILES string of the molecule is NC(=S)NCCN1CCNCC1. The summed E-state index contributed by atoms with van der Waals surface area (Å²) >= 11 is 4.70. The summed E-state index contributed by atoms with van der Waals surface area (Å²) in [7, 11) is 0. The van der Waals surface area contributed by atoms with Crippen molar-refractivity contribution in [2.75, 3.05) is 39.3 Å². The minimum absolute atomic E-state index is 0.394. The summed E-state index contributed by atoms with van der Waals surface area (Å²) in [5.74, 6) is 0. The van der Waals surface area contributed by atoms with E-state index in [4.69, 9.17) is 18.0 Å². The maximum atomic E-state index is 5.30. The smallest absolute Gasteiger partial charge is 0.163 e. The fourth-order valence-electron chi connectivity index (χ4n) is 1.27. The molecule has 0 spiro atoms. The lowest BCUT2D eigenvalue weighted by Crippen LogP contribution is -2.46. The third-order valence-electron chi connectivity index (χ3n) is 1.94. The molecule has 0 aromatic carbocycles. The van der Waals surface area contributed by atoms with Crippen LogP contribution in [0.4, 0.5) is 0 Å². The summed E-state index contributed by atoms with van der Waals surface area (Å²) < 4.78 is 0. The molecule has 4 nitrogen and oxygen atoms in total. The van der Waals surface area contributed by atoms with E-state index in [2.05, 4.69) is 15.5 Å². The molecule has 0 bridgehead atoms. The van der Waals surface area contributed by atoms with Gasteiger partial charge in [-0.1, -0.05) is 0 Å². The van der Waals surface area contributed by atoms with E-state index in [1.54, 1.807) is 0 Å². The molecule has 70 valence electrons. The van der Waals surface area contributed by atoms with Gasteiger partial charge in [-0.15, -0.1) is 0 Å². The van der Waals surface area contributed by atoms with Crippen LogP contribution in [0.5, 0.6) is 0 Å². The lowest BCUT2D eigenvalue weighted by atomic mass is 10.3. The fourth-order valence-corrected chi connectivity index (χ4v) is 1.37. The van der Waals surface area contributed by atoms with Crippen molar-refractivity contribution in [2.24, 2.45) is 5.73 Å². The normalized spacial score (nSPS) is 19.0. The van der Waals surface area contributed by atoms with Crippen molar-refractivity contribution in [1.82, 2.24) is 15.5 Å². The average Bonchev–Trinajstić information content (AvgIpc) is 2.05. The zero-order chi connectivity index (χ0) is 8.81. The number of rotatable bonds is 3. The first-order valence-electron chi connectivity index (χ1n) is 4.25. The Balaban J connectivity index is 2.01. The number of nitrogens with one attached hydrogen (secondary N) is 2. The van der Waals surface area contributed by atoms with Crippen LogP contribution in [0.15, 0.2) is 0 Å². The van der Waals surface area contributed by atoms with Gasteiger partial charge in [-0.25, -0.2) is 0 Å². The molecule has 12 heavy (non-hydrogen) atoms. The average molecular weight is 188 g/mol. The number of nitrogens with zero attached hydrogens (tertiary/aromatic N) is 1. The molecule has 0 unspecified atom stereocenters. The maximum absolute atomic E-state index is 5.30. The highest BCUT2D eigenvalue weighted by Gasteiger charge is 2.07. The van der Waals surface area contributed by atoms with Gasteiger partial charge in [0.2, 0.25) is 0 Å². The molecule has 1 saturated heterocycles. The van der Waals surface area contributed by atoms with Crippen LogP contribution in [-0.2, 0) is 0 Å². The lowest BCUT2D eigenvalue weighted by Gasteiger charge is -2.27. The molecule has 0 atom stereocenters. The molecule has 1 aliphatic rings. The van der Waals surface area contributed by atoms with Gasteiger partial charge in [0, 0.05) is 39.3 Å². The van der Waals surface area contributed by atoms with Crippen LogP contribution in [0.2, 0.25) is 0 Å². The van der Waals surface area contributed by atoms with Gasteiger partial charge in [-0.2, -0.15) is 0 Å². The molecule has 0 amide bonds. The van der Waals surface area contributed by atoms with E-state index < -0.39 is 0 Å². The zero-order valence-corrected chi connectivity index (χ0v) is 7.99. The van der Waals surface area contributed by atoms with Crippen LogP contribution in [0.3, 0.4) is 0 Å². The predicted molar refractivity (Wildman–Crippen MR) is 54.1 cm³/mol. The molecule has 1 heterocycles. The molecular formula is C7H16N4S. The molecule has 1 rings (SSSR count). The maximum Gasteiger partial charge on any atom is 0.163 e. The molecule has 5 heteroatoms. The Labute approximate surface area is 78.5 Å². The highest BCUT2D eigenvalue weighted by Crippen LogP contribution is 1.89. The second kappa shape index (κ2) is 5.29. The summed E-state index contributed by atoms with van der Waals surface area (Å²) in [5, 5.41) is 6.63. The highest BCUT2D eigenvalue weighted by molar-refractivity contribution is 7.80. The van der Waals surface area contributed by atoms with E-state index in [0.29, 0.717) is 5.11 Å². The van der Waals surface area contributed by atoms with Gasteiger partial charge >= 0.3 is 0 Å². The molecular weight excluding hydrogens is 172 g/mol. The molecule has 0 saturated carbocycles. The summed E-state index contributed by atoms with van der Waals surface area (Å²) in [5.41, 5.74) is 5.30. The van der Waals surface area contributed by atoms with Crippen LogP contribution < -0.4 is 16.4 Å². The molecule has 0 aromatic heterocycles. The van der Waals surface area contributed by atoms with Crippen molar-refractivity contribution in [3.05, 3.63) is 0 Å². The molecule has 4 N–H and O–H groups in total. The first-order valence-corrected chi connectivity index (χ1v) is 4.66. The van der Waals surface area contributed by atoms with E-state index in [9.17, 15) is 0 Å². The highest BCUT2D eigenvalue weighted by atomic mass is 32.1. The molecule has 1 fully saturated rings. The Bertz CT molecular complexity index is 144. The predicted octanol–water partition coefficient (Wildman–Crippen LogP) is -1.28. The Morgan fingerprint density at radius 1 is 1.50 bits per heavy atom. The largest absolute Gasteiger partial charge is 0.376 e. The fraction of sp³-hybridized carbons (Fsp3) is 0.857. The van der Waals surface area contributed by atoms with Crippen molar-refractivity contribution >= 4 is 17.3 Å². The molecule has 0 aromatic rings. The standard InChI is InChI=1S/C7H16N4S/c8-7(12)10-3-6-11-4-1-9-2-5-11/h9H,1-6H2,(H3,8,10,12). The lowest BCUT2D eigenvalue weighted by molar-refractivity contribution is 0.245. The zero-order valence-electron chi connectivity index (χ0n) is 7.18. The van der Waals surface area contributed by atoms with Gasteiger partial charge in [0.15, 0.2) is 5.11 Å². The number of thiocarbonyl (C=S) groups is 1. The van der Waals surface area contributed by atoms with E-state index in [-0.39, 0.29) is 0 Å². The van der Waals surface area contributed by atoms with E-state index in [0.717, 1.165) is 39.3 Å². The van der Waals surface area contributed by atoms with Crippen molar-refractivity contribution in [1.29, 1.82) is 0 Å². The minimum Gasteiger partial charge on any atom is -0.376 e. The number of nitrogens with two attached hydrogens (primary N) is 1. The minimum atomic E-state index is 0.394. The van der Waals surface area contributed by atoms with Crippen molar-refractivity contribution in [3.8, 4) is 0 Å². The molecule has 0 radical (unpaired) electrons. The Kier molecular flexibility index (Phi) is 4.27. The van der Waals surface area contributed by atoms with Gasteiger partial charge in [0.1, 0.15) is 0 Å². The van der Waals surface area contributed by atoms with E-state index in [1.165, 1.54) is 0 Å². The van der Waals surface area contributed by atoms with Crippen LogP contribution in [0, 0.1) is 0 Å². The summed E-state index contributed by atoms with van der Waals surface area (Å²) in [4.78, 5) is 2.39. The number of piperazine rings is 1. The van der Waals surface area contributed by atoms with Crippen molar-refractivity contribution in [3.63, 3.8) is 0 Å². The van der Waals surface area contributed by atoms with Crippen molar-refractivity contribution in [2.45, 2.75) is 0 Å². The molecule has 1 aliphatic heterocycles. The second-order valence-electron chi connectivity index (χ2n) is 2.88. The van der Waals surface area contributed by atoms with Crippen LogP contribution in [-0.4, -0.2) is 49.3 Å². The van der Waals surface area contributed by atoms with Gasteiger partial charge in [0.25, 0.3) is 0 Å². The Hall–Kier alpha value is -0.390. The van der Waals surface area contributed by atoms with Gasteiger partial charge in [-0.3, -0.25) is 4.90 Å². The van der Waals surface area contributed by atoms with Crippen LogP contribution in [0.25, 0.3) is 0 Å². The first-order chi connectivity index (χ1) is 5.79. The van der Waals surface area contributed by atoms with E-state index in [1.807, 2.05) is 0 Å².